The van der Waals surface area contributed by atoms with Gasteiger partial charge in [0.2, 0.25) is 0 Å². The molecule has 1 N–H and O–H groups in total. The molecule has 0 spiro atoms. The fourth-order valence-corrected chi connectivity index (χ4v) is 3.53. The first-order valence-electron chi connectivity index (χ1n) is 8.68. The number of amides is 2. The maximum absolute atomic E-state index is 12.6. The molecular weight excluding hydrogens is 412 g/mol. The number of nitrogens with zero attached hydrogens (tertiary/aromatic N) is 1. The molecule has 0 unspecified atom stereocenters. The second-order valence-electron chi connectivity index (χ2n) is 5.96. The number of carbonyl (C=O) groups excluding carboxylic acids is 2. The molecule has 8 heteroatoms. The van der Waals surface area contributed by atoms with Gasteiger partial charge in [-0.25, -0.2) is 0 Å². The second-order valence-corrected chi connectivity index (χ2v) is 7.39. The van der Waals surface area contributed by atoms with E-state index in [0.29, 0.717) is 28.0 Å². The first-order chi connectivity index (χ1) is 14.0. The molecule has 1 aliphatic heterocycles. The minimum atomic E-state index is -0.354. The Labute approximate surface area is 178 Å². The van der Waals surface area contributed by atoms with Crippen molar-refractivity contribution in [3.63, 3.8) is 0 Å². The maximum Gasteiger partial charge on any atom is 0.295 e. The predicted molar refractivity (Wildman–Crippen MR) is 116 cm³/mol. The van der Waals surface area contributed by atoms with Crippen molar-refractivity contribution in [1.82, 2.24) is 4.90 Å². The molecule has 1 heterocycles. The molecule has 2 amide bonds. The zero-order valence-corrected chi connectivity index (χ0v) is 17.3. The van der Waals surface area contributed by atoms with Crippen LogP contribution >= 0.6 is 23.4 Å². The zero-order chi connectivity index (χ0) is 20.8. The highest BCUT2D eigenvalue weighted by Gasteiger charge is 2.34. The predicted octanol–water partition coefficient (Wildman–Crippen LogP) is 5.02. The van der Waals surface area contributed by atoms with E-state index in [0.717, 1.165) is 27.9 Å². The average Bonchev–Trinajstić information content (AvgIpc) is 2.99. The summed E-state index contributed by atoms with van der Waals surface area (Å²) in [6, 6.07) is 12.3. The summed E-state index contributed by atoms with van der Waals surface area (Å²) in [6.45, 7) is 4.04. The Morgan fingerprint density at radius 1 is 1.17 bits per heavy atom. The van der Waals surface area contributed by atoms with Crippen LogP contribution in [0.1, 0.15) is 5.56 Å². The first-order valence-corrected chi connectivity index (χ1v) is 9.88. The van der Waals surface area contributed by atoms with Crippen molar-refractivity contribution < 1.29 is 19.1 Å². The summed E-state index contributed by atoms with van der Waals surface area (Å²) in [5.74, 6) is 0.751. The third-order valence-corrected chi connectivity index (χ3v) is 5.16. The molecular formula is C21H19ClN2O4S. The van der Waals surface area contributed by atoms with Crippen molar-refractivity contribution in [2.75, 3.05) is 25.7 Å². The van der Waals surface area contributed by atoms with Gasteiger partial charge in [-0.15, -0.1) is 0 Å². The lowest BCUT2D eigenvalue weighted by Gasteiger charge is -2.14. The van der Waals surface area contributed by atoms with Crippen LogP contribution in [0.4, 0.5) is 10.5 Å². The van der Waals surface area contributed by atoms with Crippen LogP contribution in [0.15, 0.2) is 60.0 Å². The summed E-state index contributed by atoms with van der Waals surface area (Å²) in [5, 5.41) is 3.32. The summed E-state index contributed by atoms with van der Waals surface area (Å²) < 4.78 is 10.9. The van der Waals surface area contributed by atoms with Crippen molar-refractivity contribution in [3.8, 4) is 11.5 Å². The van der Waals surface area contributed by atoms with Gasteiger partial charge in [0, 0.05) is 10.7 Å². The Morgan fingerprint density at radius 2 is 1.93 bits per heavy atom. The smallest absolute Gasteiger partial charge is 0.295 e. The van der Waals surface area contributed by atoms with E-state index in [4.69, 9.17) is 21.1 Å². The lowest BCUT2D eigenvalue weighted by molar-refractivity contribution is -0.122. The van der Waals surface area contributed by atoms with Gasteiger partial charge < -0.3 is 14.8 Å². The van der Waals surface area contributed by atoms with Crippen LogP contribution in [-0.4, -0.2) is 36.4 Å². The fraction of sp³-hybridized carbons (Fsp3) is 0.143. The van der Waals surface area contributed by atoms with Gasteiger partial charge >= 0.3 is 0 Å². The molecule has 29 heavy (non-hydrogen) atoms. The van der Waals surface area contributed by atoms with E-state index in [-0.39, 0.29) is 17.8 Å². The Hall–Kier alpha value is -2.90. The van der Waals surface area contributed by atoms with E-state index in [1.54, 1.807) is 54.6 Å². The number of carbonyl (C=O) groups is 2. The molecule has 0 aromatic heterocycles. The fourth-order valence-electron chi connectivity index (χ4n) is 2.57. The topological polar surface area (TPSA) is 67.9 Å². The number of ether oxygens (including phenoxy) is 2. The van der Waals surface area contributed by atoms with Gasteiger partial charge in [0.15, 0.2) is 11.5 Å². The van der Waals surface area contributed by atoms with Crippen LogP contribution in [0.2, 0.25) is 5.02 Å². The Bertz CT molecular complexity index is 960. The van der Waals surface area contributed by atoms with Crippen LogP contribution < -0.4 is 14.8 Å². The first kappa shape index (κ1) is 20.8. The van der Waals surface area contributed by atoms with Crippen LogP contribution in [0.5, 0.6) is 11.5 Å². The minimum absolute atomic E-state index is 0.0707. The van der Waals surface area contributed by atoms with Crippen molar-refractivity contribution in [3.05, 3.63) is 70.6 Å². The summed E-state index contributed by atoms with van der Waals surface area (Å²) in [5.41, 5.74) is 1.49. The number of rotatable bonds is 8. The van der Waals surface area contributed by atoms with Gasteiger partial charge in [0.25, 0.3) is 11.1 Å². The molecule has 0 bridgehead atoms. The summed E-state index contributed by atoms with van der Waals surface area (Å²) in [7, 11) is 1.54. The SMILES string of the molecule is C=CCOc1ccc(/C=C2/SC(=O)N(CNc3ccc(Cl)cc3)C2=O)cc1OC. The average molecular weight is 431 g/mol. The number of benzene rings is 2. The normalized spacial score (nSPS) is 15.0. The largest absolute Gasteiger partial charge is 0.493 e. The number of halogens is 1. The van der Waals surface area contributed by atoms with Gasteiger partial charge in [-0.1, -0.05) is 30.3 Å². The van der Waals surface area contributed by atoms with Crippen molar-refractivity contribution in [2.45, 2.75) is 0 Å². The third-order valence-electron chi connectivity index (χ3n) is 4.00. The highest BCUT2D eigenvalue weighted by molar-refractivity contribution is 8.18. The van der Waals surface area contributed by atoms with Gasteiger partial charge in [-0.3, -0.25) is 14.5 Å². The summed E-state index contributed by atoms with van der Waals surface area (Å²) >= 11 is 6.76. The molecule has 0 aliphatic carbocycles. The minimum Gasteiger partial charge on any atom is -0.493 e. The van der Waals surface area contributed by atoms with Gasteiger partial charge in [0.05, 0.1) is 18.7 Å². The molecule has 0 saturated carbocycles. The molecule has 1 saturated heterocycles. The molecule has 2 aromatic rings. The number of nitrogens with one attached hydrogen (secondary N) is 1. The van der Waals surface area contributed by atoms with Crippen LogP contribution in [0.3, 0.4) is 0 Å². The molecule has 0 atom stereocenters. The lowest BCUT2D eigenvalue weighted by atomic mass is 10.2. The number of imide groups is 1. The molecule has 6 nitrogen and oxygen atoms in total. The number of hydrogen-bond donors (Lipinski definition) is 1. The lowest BCUT2D eigenvalue weighted by Crippen LogP contribution is -2.33. The van der Waals surface area contributed by atoms with Crippen molar-refractivity contribution in [2.24, 2.45) is 0 Å². The number of thioether (sulfide) groups is 1. The summed E-state index contributed by atoms with van der Waals surface area (Å²) in [6.07, 6.45) is 3.30. The van der Waals surface area contributed by atoms with Crippen LogP contribution in [0, 0.1) is 0 Å². The molecule has 1 aliphatic rings. The van der Waals surface area contributed by atoms with Gasteiger partial charge in [-0.2, -0.15) is 0 Å². The monoisotopic (exact) mass is 430 g/mol. The highest BCUT2D eigenvalue weighted by atomic mass is 35.5. The summed E-state index contributed by atoms with van der Waals surface area (Å²) in [4.78, 5) is 26.4. The molecule has 2 aromatic carbocycles. The highest BCUT2D eigenvalue weighted by Crippen LogP contribution is 2.34. The Balaban J connectivity index is 1.71. The molecule has 150 valence electrons. The van der Waals surface area contributed by atoms with E-state index in [1.165, 1.54) is 7.11 Å². The van der Waals surface area contributed by atoms with Gasteiger partial charge in [0.1, 0.15) is 6.61 Å². The number of anilines is 1. The van der Waals surface area contributed by atoms with E-state index < -0.39 is 0 Å². The van der Waals surface area contributed by atoms with E-state index >= 15 is 0 Å². The van der Waals surface area contributed by atoms with E-state index in [9.17, 15) is 9.59 Å². The van der Waals surface area contributed by atoms with E-state index in [2.05, 4.69) is 11.9 Å². The maximum atomic E-state index is 12.6. The van der Waals surface area contributed by atoms with E-state index in [1.807, 2.05) is 0 Å². The second kappa shape index (κ2) is 9.54. The van der Waals surface area contributed by atoms with Crippen molar-refractivity contribution in [1.29, 1.82) is 0 Å². The van der Waals surface area contributed by atoms with Gasteiger partial charge in [-0.05, 0) is 59.8 Å². The number of methoxy groups -OCH3 is 1. The Kier molecular flexibility index (Phi) is 6.85. The quantitative estimate of drug-likeness (QED) is 0.468. The molecule has 3 rings (SSSR count). The third kappa shape index (κ3) is 5.13. The Morgan fingerprint density at radius 3 is 2.62 bits per heavy atom. The molecule has 1 fully saturated rings. The zero-order valence-electron chi connectivity index (χ0n) is 15.7. The van der Waals surface area contributed by atoms with Crippen molar-refractivity contribution >= 4 is 46.3 Å². The van der Waals surface area contributed by atoms with Crippen LogP contribution in [0.25, 0.3) is 6.08 Å². The standard InChI is InChI=1S/C21H19ClN2O4S/c1-3-10-28-17-9-4-14(11-18(17)27-2)12-19-20(25)24(21(26)29-19)13-23-16-7-5-15(22)6-8-16/h3-9,11-12,23H,1,10,13H2,2H3/b19-12+. The van der Waals surface area contributed by atoms with Crippen LogP contribution in [-0.2, 0) is 4.79 Å². The molecule has 0 radical (unpaired) electrons. The number of hydrogen-bond acceptors (Lipinski definition) is 6.